The summed E-state index contributed by atoms with van der Waals surface area (Å²) in [4.78, 5) is 0. The van der Waals surface area contributed by atoms with Crippen molar-refractivity contribution in [1.82, 2.24) is 0 Å². The first-order valence-corrected chi connectivity index (χ1v) is 2.58. The third-order valence-corrected chi connectivity index (χ3v) is 0.613. The zero-order valence-corrected chi connectivity index (χ0v) is 12.1. The molecular formula is C7H11ORf-. The molecule has 0 unspecified atom stereocenters. The predicted molar refractivity (Wildman–Crippen MR) is 35.3 cm³/mol. The van der Waals surface area contributed by atoms with E-state index >= 15 is 0 Å². The van der Waals surface area contributed by atoms with Crippen molar-refractivity contribution >= 4 is 0 Å². The second-order valence-electron chi connectivity index (χ2n) is 1.27. The molecule has 0 aliphatic carbocycles. The topological polar surface area (TPSA) is 9.23 Å². The Labute approximate surface area is 50.7 Å². The maximum Gasteiger partial charge on any atom is 0.0751 e. The van der Waals surface area contributed by atoms with Crippen molar-refractivity contribution in [2.45, 2.75) is 6.42 Å². The Morgan fingerprint density at radius 3 is 2.67 bits per heavy atom. The first-order valence-electron chi connectivity index (χ1n) is 2.58. The fourth-order valence-electron chi connectivity index (χ4n) is 0.288. The Kier molecular flexibility index (Phi) is 10.9. The van der Waals surface area contributed by atoms with Crippen LogP contribution in [0.2, 0.25) is 0 Å². The molecule has 0 saturated heterocycles. The first kappa shape index (κ1) is 10.3. The monoisotopic (exact) mass is 378 g/mol. The molecule has 0 aromatic carbocycles. The molecule has 0 fully saturated rings. The van der Waals surface area contributed by atoms with E-state index in [0.29, 0.717) is 6.61 Å². The minimum atomic E-state index is 0. The van der Waals surface area contributed by atoms with Gasteiger partial charge in [0.25, 0.3) is 0 Å². The molecule has 2 heteroatoms. The van der Waals surface area contributed by atoms with E-state index < -0.39 is 0 Å². The van der Waals surface area contributed by atoms with Crippen molar-refractivity contribution in [3.05, 3.63) is 31.9 Å². The van der Waals surface area contributed by atoms with Crippen LogP contribution in [-0.4, -0.2) is 6.61 Å². The van der Waals surface area contributed by atoms with E-state index in [1.807, 2.05) is 12.2 Å². The molecule has 0 atom stereocenters. The zero-order chi connectivity index (χ0) is 6.24. The molecule has 0 heterocycles. The van der Waals surface area contributed by atoms with Gasteiger partial charge in [0.1, 0.15) is 0 Å². The first-order chi connectivity index (χ1) is 3.91. The maximum atomic E-state index is 4.80. The van der Waals surface area contributed by atoms with E-state index in [1.165, 1.54) is 0 Å². The molecule has 0 amide bonds. The summed E-state index contributed by atoms with van der Waals surface area (Å²) in [6.45, 7) is 7.51. The Hall–Kier alpha value is -1.72. The van der Waals surface area contributed by atoms with Crippen LogP contribution in [0.5, 0.6) is 0 Å². The Morgan fingerprint density at radius 2 is 2.22 bits per heavy atom. The standard InChI is InChI=1S/C7H11O.Rf/c1-3-5-6-7-8-4-2;/h3,6-7H,1-2,4-5H2;/q-1;. The van der Waals surface area contributed by atoms with Gasteiger partial charge in [-0.05, 0) is 19.1 Å². The van der Waals surface area contributed by atoms with E-state index in [4.69, 9.17) is 4.74 Å². The van der Waals surface area contributed by atoms with Crippen molar-refractivity contribution in [3.63, 3.8) is 0 Å². The van der Waals surface area contributed by atoms with Gasteiger partial charge in [0.2, 0.25) is 0 Å². The average molecular weight is 378 g/mol. The van der Waals surface area contributed by atoms with E-state index in [1.54, 1.807) is 6.26 Å². The molecule has 0 saturated carbocycles. The summed E-state index contributed by atoms with van der Waals surface area (Å²) in [6.07, 6.45) is 6.19. The molecule has 9 heavy (non-hydrogen) atoms. The largest absolute Gasteiger partial charge is 0.533 e. The quantitative estimate of drug-likeness (QED) is 0.413. The Balaban J connectivity index is 0. The number of rotatable bonds is 4. The molecule has 0 rings (SSSR count). The second-order valence-corrected chi connectivity index (χ2v) is 1.27. The molecule has 0 aromatic heterocycles. The minimum absolute atomic E-state index is 0. The van der Waals surface area contributed by atoms with Crippen molar-refractivity contribution in [1.29, 1.82) is 0 Å². The SMILES string of the molecule is C=CCC=COC[CH2-].[Rf]. The average Bonchev–Trinajstić information content (AvgIpc) is 1.81. The Bertz CT molecular complexity index is 79.0. The third-order valence-electron chi connectivity index (χ3n) is 0.613. The molecule has 0 spiro atoms. The van der Waals surface area contributed by atoms with Gasteiger partial charge in [0.05, 0.1) is 6.26 Å². The molecule has 0 aromatic rings. The second kappa shape index (κ2) is 9.56. The van der Waals surface area contributed by atoms with Gasteiger partial charge in [-0.3, -0.25) is 0 Å². The normalized spacial score (nSPS) is 8.56. The van der Waals surface area contributed by atoms with Crippen LogP contribution in [-0.2, 0) is 4.74 Å². The van der Waals surface area contributed by atoms with Crippen LogP contribution in [0.3, 0.4) is 0 Å². The molecule has 48 valence electrons. The zero-order valence-electron chi connectivity index (χ0n) is 5.68. The van der Waals surface area contributed by atoms with Crippen LogP contribution in [0, 0.1) is 6.92 Å². The number of hydrogen-bond acceptors (Lipinski definition) is 1. The van der Waals surface area contributed by atoms with Crippen molar-refractivity contribution in [2.75, 3.05) is 6.61 Å². The van der Waals surface area contributed by atoms with Gasteiger partial charge in [-0.25, -0.2) is 0 Å². The van der Waals surface area contributed by atoms with E-state index in [-0.39, 0.29) is 0 Å². The molecular weight excluding hydrogens is 367 g/mol. The summed E-state index contributed by atoms with van der Waals surface area (Å²) >= 11 is 0. The van der Waals surface area contributed by atoms with E-state index in [9.17, 15) is 0 Å². The summed E-state index contributed by atoms with van der Waals surface area (Å²) in [5.41, 5.74) is 0. The van der Waals surface area contributed by atoms with Crippen LogP contribution < -0.4 is 0 Å². The van der Waals surface area contributed by atoms with Crippen LogP contribution in [0.15, 0.2) is 25.0 Å². The molecule has 0 N–H and O–H groups in total. The molecule has 0 aliphatic heterocycles. The smallest absolute Gasteiger partial charge is 0.0751 e. The van der Waals surface area contributed by atoms with E-state index in [2.05, 4.69) is 13.5 Å². The summed E-state index contributed by atoms with van der Waals surface area (Å²) in [7, 11) is 0. The van der Waals surface area contributed by atoms with Crippen molar-refractivity contribution in [3.8, 4) is 0 Å². The summed E-state index contributed by atoms with van der Waals surface area (Å²) in [5.74, 6) is 0. The van der Waals surface area contributed by atoms with Crippen LogP contribution in [0.1, 0.15) is 6.42 Å². The number of hydrogen-bond donors (Lipinski definition) is 0. The molecule has 0 radical (unpaired) electrons. The number of ether oxygens (including phenoxy) is 1. The van der Waals surface area contributed by atoms with Gasteiger partial charge < -0.3 is 11.7 Å². The molecule has 1 nitrogen and oxygen atoms in total. The van der Waals surface area contributed by atoms with Gasteiger partial charge >= 0.3 is 0 Å². The van der Waals surface area contributed by atoms with Crippen LogP contribution in [0.4, 0.5) is 0 Å². The predicted octanol–water partition coefficient (Wildman–Crippen LogP) is 1.93. The van der Waals surface area contributed by atoms with E-state index in [0.717, 1.165) is 6.42 Å². The summed E-state index contributed by atoms with van der Waals surface area (Å²) in [5, 5.41) is 0. The fraction of sp³-hybridized carbons (Fsp3) is 0.286. The van der Waals surface area contributed by atoms with Gasteiger partial charge in [-0.2, -0.15) is 0 Å². The molecule has 0 bridgehead atoms. The maximum absolute atomic E-state index is 4.80. The van der Waals surface area contributed by atoms with Crippen molar-refractivity contribution in [2.24, 2.45) is 0 Å². The van der Waals surface area contributed by atoms with Gasteiger partial charge in [0, 0.05) is 0 Å². The fourth-order valence-corrected chi connectivity index (χ4v) is 0.288. The number of allylic oxidation sites excluding steroid dienone is 2. The molecule has 0 aliphatic rings. The Morgan fingerprint density at radius 1 is 1.56 bits per heavy atom. The summed E-state index contributed by atoms with van der Waals surface area (Å²) < 4.78 is 4.80. The minimum Gasteiger partial charge on any atom is -0.533 e. The van der Waals surface area contributed by atoms with Gasteiger partial charge in [0.15, 0.2) is 0 Å². The summed E-state index contributed by atoms with van der Waals surface area (Å²) in [6, 6.07) is 0. The van der Waals surface area contributed by atoms with Crippen LogP contribution >= 0.6 is 0 Å². The van der Waals surface area contributed by atoms with Crippen molar-refractivity contribution < 1.29 is 4.74 Å². The van der Waals surface area contributed by atoms with Gasteiger partial charge in [-0.1, -0.05) is 6.08 Å². The van der Waals surface area contributed by atoms with Gasteiger partial charge in [-0.15, -0.1) is 6.58 Å². The van der Waals surface area contributed by atoms with Crippen LogP contribution in [0.25, 0.3) is 0 Å². The third kappa shape index (κ3) is 10.7.